The lowest BCUT2D eigenvalue weighted by atomic mass is 9.99. The van der Waals surface area contributed by atoms with E-state index < -0.39 is 0 Å². The van der Waals surface area contributed by atoms with E-state index in [-0.39, 0.29) is 0 Å². The van der Waals surface area contributed by atoms with Crippen LogP contribution in [0.25, 0.3) is 83.0 Å². The van der Waals surface area contributed by atoms with Gasteiger partial charge in [0.1, 0.15) is 11.0 Å². The first-order valence-electron chi connectivity index (χ1n) is 19.8. The molecule has 0 aliphatic heterocycles. The van der Waals surface area contributed by atoms with Crippen molar-refractivity contribution in [1.82, 2.24) is 13.3 Å². The molecule has 0 fully saturated rings. The topological polar surface area (TPSA) is 34.0 Å². The van der Waals surface area contributed by atoms with Crippen molar-refractivity contribution >= 4 is 61.6 Å². The SMILES string of the molecule is c1ccc(-c2ccc(N(c3ccc(-c4ccccc4)cc3)c3ccc(-c4ccc5c(c4)c4ccccc4n5-c4cccc(-c5ccccc5)c4)c4nsnc34)cc2)cc1. The van der Waals surface area contributed by atoms with Crippen LogP contribution in [0.2, 0.25) is 0 Å². The van der Waals surface area contributed by atoms with Crippen molar-refractivity contribution < 1.29 is 0 Å². The lowest BCUT2D eigenvalue weighted by Crippen LogP contribution is -2.10. The molecule has 0 aliphatic carbocycles. The predicted octanol–water partition coefficient (Wildman–Crippen LogP) is 14.9. The number of benzene rings is 9. The largest absolute Gasteiger partial charge is 0.309 e. The van der Waals surface area contributed by atoms with Crippen molar-refractivity contribution in [3.63, 3.8) is 0 Å². The molecule has 0 unspecified atom stereocenters. The van der Waals surface area contributed by atoms with Gasteiger partial charge in [-0.1, -0.05) is 152 Å². The molecular weight excluding hydrogens is 737 g/mol. The third-order valence-electron chi connectivity index (χ3n) is 11.3. The second kappa shape index (κ2) is 14.7. The zero-order valence-corrected chi connectivity index (χ0v) is 32.8. The van der Waals surface area contributed by atoms with Crippen molar-refractivity contribution in [2.45, 2.75) is 0 Å². The Morgan fingerprint density at radius 2 is 0.864 bits per heavy atom. The highest BCUT2D eigenvalue weighted by atomic mass is 32.1. The lowest BCUT2D eigenvalue weighted by molar-refractivity contribution is 1.18. The average molecular weight is 773 g/mol. The summed E-state index contributed by atoms with van der Waals surface area (Å²) in [4.78, 5) is 2.30. The van der Waals surface area contributed by atoms with Crippen LogP contribution in [0.3, 0.4) is 0 Å². The lowest BCUT2D eigenvalue weighted by Gasteiger charge is -2.26. The molecule has 0 spiro atoms. The van der Waals surface area contributed by atoms with E-state index in [1.54, 1.807) is 0 Å². The molecule has 5 heteroatoms. The van der Waals surface area contributed by atoms with Crippen LogP contribution in [0.1, 0.15) is 0 Å². The first-order valence-corrected chi connectivity index (χ1v) is 20.6. The minimum atomic E-state index is 0.868. The minimum Gasteiger partial charge on any atom is -0.309 e. The molecule has 0 radical (unpaired) electrons. The van der Waals surface area contributed by atoms with Crippen molar-refractivity contribution in [3.05, 3.63) is 218 Å². The Hall–Kier alpha value is -7.60. The number of hydrogen-bond acceptors (Lipinski definition) is 4. The number of hydrogen-bond donors (Lipinski definition) is 0. The molecule has 0 saturated heterocycles. The monoisotopic (exact) mass is 772 g/mol. The van der Waals surface area contributed by atoms with E-state index in [4.69, 9.17) is 8.75 Å². The number of para-hydroxylation sites is 1. The van der Waals surface area contributed by atoms with Gasteiger partial charge < -0.3 is 9.47 Å². The zero-order chi connectivity index (χ0) is 39.1. The summed E-state index contributed by atoms with van der Waals surface area (Å²) in [6, 6.07) is 78.0. The highest BCUT2D eigenvalue weighted by Crippen LogP contribution is 2.43. The minimum absolute atomic E-state index is 0.868. The number of fused-ring (bicyclic) bond motifs is 4. The van der Waals surface area contributed by atoms with E-state index in [0.717, 1.165) is 50.4 Å². The fraction of sp³-hybridized carbons (Fsp3) is 0. The van der Waals surface area contributed by atoms with Gasteiger partial charge in [-0.15, -0.1) is 0 Å². The Bertz CT molecular complexity index is 3160. The van der Waals surface area contributed by atoms with Crippen LogP contribution >= 0.6 is 11.7 Å². The van der Waals surface area contributed by atoms with Gasteiger partial charge in [-0.2, -0.15) is 8.75 Å². The Morgan fingerprint density at radius 3 is 1.51 bits per heavy atom. The van der Waals surface area contributed by atoms with Crippen LogP contribution in [-0.4, -0.2) is 13.3 Å². The molecule has 2 aromatic heterocycles. The van der Waals surface area contributed by atoms with Gasteiger partial charge >= 0.3 is 0 Å². The Morgan fingerprint density at radius 1 is 0.356 bits per heavy atom. The third kappa shape index (κ3) is 6.25. The fourth-order valence-corrected chi connectivity index (χ4v) is 9.00. The van der Waals surface area contributed by atoms with Crippen molar-refractivity contribution in [2.75, 3.05) is 4.90 Å². The summed E-state index contributed by atoms with van der Waals surface area (Å²) in [6.07, 6.45) is 0. The molecule has 0 amide bonds. The maximum absolute atomic E-state index is 4.98. The van der Waals surface area contributed by atoms with Gasteiger partial charge in [0, 0.05) is 33.4 Å². The van der Waals surface area contributed by atoms with E-state index in [1.807, 2.05) is 0 Å². The Balaban J connectivity index is 1.03. The molecule has 278 valence electrons. The fourth-order valence-electron chi connectivity index (χ4n) is 8.43. The summed E-state index contributed by atoms with van der Waals surface area (Å²) < 4.78 is 12.3. The van der Waals surface area contributed by atoms with Crippen LogP contribution in [0.15, 0.2) is 218 Å². The maximum Gasteiger partial charge on any atom is 0.129 e. The first-order chi connectivity index (χ1) is 29.3. The van der Waals surface area contributed by atoms with Crippen LogP contribution in [0.5, 0.6) is 0 Å². The molecule has 0 atom stereocenters. The van der Waals surface area contributed by atoms with E-state index in [2.05, 4.69) is 228 Å². The molecule has 2 heterocycles. The van der Waals surface area contributed by atoms with Crippen LogP contribution in [0.4, 0.5) is 17.1 Å². The van der Waals surface area contributed by atoms with Gasteiger partial charge in [-0.05, 0) is 106 Å². The van der Waals surface area contributed by atoms with Gasteiger partial charge in [0.25, 0.3) is 0 Å². The molecule has 4 nitrogen and oxygen atoms in total. The standard InChI is InChI=1S/C54H36N4S/c1-4-13-37(14-5-1)40-23-28-44(29-24-40)57(45-30-25-41(26-31-45)38-15-6-2-7-16-38)52-34-32-47(53-54(52)56-59-55-53)43-27-33-51-49(36-43)48-21-10-11-22-50(48)58(51)46-20-12-19-42(35-46)39-17-8-3-9-18-39/h1-36H. The predicted molar refractivity (Wildman–Crippen MR) is 248 cm³/mol. The molecule has 0 saturated carbocycles. The average Bonchev–Trinajstić information content (AvgIpc) is 3.94. The van der Waals surface area contributed by atoms with E-state index in [9.17, 15) is 0 Å². The zero-order valence-electron chi connectivity index (χ0n) is 32.0. The van der Waals surface area contributed by atoms with Crippen LogP contribution < -0.4 is 4.90 Å². The van der Waals surface area contributed by atoms with E-state index >= 15 is 0 Å². The van der Waals surface area contributed by atoms with Gasteiger partial charge in [-0.3, -0.25) is 0 Å². The maximum atomic E-state index is 4.98. The van der Waals surface area contributed by atoms with E-state index in [1.165, 1.54) is 61.4 Å². The Labute approximate surface area is 346 Å². The number of aromatic nitrogens is 3. The smallest absolute Gasteiger partial charge is 0.129 e. The molecule has 0 bridgehead atoms. The van der Waals surface area contributed by atoms with Crippen LogP contribution in [0, 0.1) is 0 Å². The molecule has 0 aliphatic rings. The molecule has 0 N–H and O–H groups in total. The highest BCUT2D eigenvalue weighted by molar-refractivity contribution is 7.00. The summed E-state index contributed by atoms with van der Waals surface area (Å²) >= 11 is 1.26. The number of nitrogens with zero attached hydrogens (tertiary/aromatic N) is 4. The summed E-state index contributed by atoms with van der Waals surface area (Å²) in [5.74, 6) is 0. The second-order valence-electron chi connectivity index (χ2n) is 14.8. The first kappa shape index (κ1) is 34.6. The second-order valence-corrected chi connectivity index (χ2v) is 15.3. The van der Waals surface area contributed by atoms with Crippen molar-refractivity contribution in [3.8, 4) is 50.2 Å². The summed E-state index contributed by atoms with van der Waals surface area (Å²) in [7, 11) is 0. The summed E-state index contributed by atoms with van der Waals surface area (Å²) in [5.41, 5.74) is 17.6. The number of anilines is 3. The van der Waals surface area contributed by atoms with Gasteiger partial charge in [0.15, 0.2) is 0 Å². The third-order valence-corrected chi connectivity index (χ3v) is 11.8. The summed E-state index contributed by atoms with van der Waals surface area (Å²) in [5, 5.41) is 2.41. The molecule has 11 aromatic rings. The van der Waals surface area contributed by atoms with E-state index in [0.29, 0.717) is 0 Å². The van der Waals surface area contributed by atoms with Crippen molar-refractivity contribution in [1.29, 1.82) is 0 Å². The quantitative estimate of drug-likeness (QED) is 0.154. The summed E-state index contributed by atoms with van der Waals surface area (Å²) in [6.45, 7) is 0. The van der Waals surface area contributed by atoms with Gasteiger partial charge in [-0.25, -0.2) is 0 Å². The van der Waals surface area contributed by atoms with Crippen molar-refractivity contribution in [2.24, 2.45) is 0 Å². The Kier molecular flexibility index (Phi) is 8.64. The molecular formula is C54H36N4S. The normalized spacial score (nSPS) is 11.4. The molecule has 59 heavy (non-hydrogen) atoms. The number of rotatable bonds is 8. The van der Waals surface area contributed by atoms with Gasteiger partial charge in [0.2, 0.25) is 0 Å². The van der Waals surface area contributed by atoms with Gasteiger partial charge in [0.05, 0.1) is 28.4 Å². The highest BCUT2D eigenvalue weighted by Gasteiger charge is 2.21. The molecule has 11 rings (SSSR count). The molecule has 9 aromatic carbocycles. The van der Waals surface area contributed by atoms with Crippen LogP contribution in [-0.2, 0) is 0 Å².